The van der Waals surface area contributed by atoms with Gasteiger partial charge in [0, 0.05) is 32.4 Å². The Kier molecular flexibility index (Phi) is 5.32. The quantitative estimate of drug-likeness (QED) is 0.783. The molecule has 0 bridgehead atoms. The van der Waals surface area contributed by atoms with Gasteiger partial charge < -0.3 is 15.4 Å². The molecule has 0 amide bonds. The van der Waals surface area contributed by atoms with Gasteiger partial charge in [0.2, 0.25) is 0 Å². The maximum Gasteiger partial charge on any atom is 0.170 e. The summed E-state index contributed by atoms with van der Waals surface area (Å²) in [5.41, 5.74) is 0.904. The van der Waals surface area contributed by atoms with E-state index in [9.17, 15) is 0 Å². The van der Waals surface area contributed by atoms with Crippen LogP contribution in [0, 0.1) is 0 Å². The Balaban J connectivity index is 1.62. The highest BCUT2D eigenvalue weighted by atomic mass is 32.1. The molecule has 1 aromatic heterocycles. The SMILES string of the molecule is S=C(NCCN1CCOCC1)Nc1cccnc1. The van der Waals surface area contributed by atoms with Crippen LogP contribution in [0.25, 0.3) is 0 Å². The number of anilines is 1. The number of hydrogen-bond acceptors (Lipinski definition) is 4. The zero-order valence-electron chi connectivity index (χ0n) is 10.3. The molecule has 1 fully saturated rings. The lowest BCUT2D eigenvalue weighted by Crippen LogP contribution is -2.42. The van der Waals surface area contributed by atoms with Gasteiger partial charge in [0.15, 0.2) is 5.11 Å². The first kappa shape index (κ1) is 13.2. The lowest BCUT2D eigenvalue weighted by atomic mass is 10.4. The van der Waals surface area contributed by atoms with Gasteiger partial charge in [-0.3, -0.25) is 9.88 Å². The van der Waals surface area contributed by atoms with E-state index in [4.69, 9.17) is 17.0 Å². The average Bonchev–Trinajstić information content (AvgIpc) is 2.41. The highest BCUT2D eigenvalue weighted by molar-refractivity contribution is 7.80. The van der Waals surface area contributed by atoms with Crippen LogP contribution in [0.4, 0.5) is 5.69 Å². The van der Waals surface area contributed by atoms with Crippen LogP contribution in [0.3, 0.4) is 0 Å². The summed E-state index contributed by atoms with van der Waals surface area (Å²) >= 11 is 5.21. The second-order valence-corrected chi connectivity index (χ2v) is 4.48. The average molecular weight is 266 g/mol. The summed E-state index contributed by atoms with van der Waals surface area (Å²) in [6.07, 6.45) is 3.48. The molecule has 0 radical (unpaired) electrons. The highest BCUT2D eigenvalue weighted by Crippen LogP contribution is 2.01. The zero-order chi connectivity index (χ0) is 12.6. The molecule has 0 aliphatic carbocycles. The van der Waals surface area contributed by atoms with Gasteiger partial charge in [0.25, 0.3) is 0 Å². The van der Waals surface area contributed by atoms with Crippen LogP contribution in [0.5, 0.6) is 0 Å². The smallest absolute Gasteiger partial charge is 0.170 e. The normalized spacial score (nSPS) is 16.2. The van der Waals surface area contributed by atoms with Crippen LogP contribution in [0.15, 0.2) is 24.5 Å². The van der Waals surface area contributed by atoms with Crippen molar-refractivity contribution in [1.82, 2.24) is 15.2 Å². The minimum atomic E-state index is 0.635. The maximum atomic E-state index is 5.30. The first-order valence-corrected chi connectivity index (χ1v) is 6.50. The fraction of sp³-hybridized carbons (Fsp3) is 0.500. The fourth-order valence-corrected chi connectivity index (χ4v) is 1.98. The standard InChI is InChI=1S/C12H18N4OS/c18-12(15-11-2-1-3-13-10-11)14-4-5-16-6-8-17-9-7-16/h1-3,10H,4-9H2,(H2,14,15,18). The molecule has 98 valence electrons. The lowest BCUT2D eigenvalue weighted by molar-refractivity contribution is 0.0389. The van der Waals surface area contributed by atoms with Crippen LogP contribution in [0.1, 0.15) is 0 Å². The van der Waals surface area contributed by atoms with Gasteiger partial charge in [-0.25, -0.2) is 0 Å². The van der Waals surface area contributed by atoms with E-state index in [1.807, 2.05) is 12.1 Å². The van der Waals surface area contributed by atoms with E-state index in [0.717, 1.165) is 45.1 Å². The van der Waals surface area contributed by atoms with Crippen LogP contribution in [-0.2, 0) is 4.74 Å². The number of morpholine rings is 1. The molecule has 1 aromatic rings. The maximum absolute atomic E-state index is 5.30. The zero-order valence-corrected chi connectivity index (χ0v) is 11.1. The molecule has 1 aliphatic rings. The monoisotopic (exact) mass is 266 g/mol. The molecular formula is C12H18N4OS. The Bertz CT molecular complexity index is 368. The molecular weight excluding hydrogens is 248 g/mol. The van der Waals surface area contributed by atoms with Gasteiger partial charge in [-0.2, -0.15) is 0 Å². The first-order chi connectivity index (χ1) is 8.84. The summed E-state index contributed by atoms with van der Waals surface area (Å²) in [6, 6.07) is 3.81. The van der Waals surface area contributed by atoms with Crippen molar-refractivity contribution in [2.45, 2.75) is 0 Å². The van der Waals surface area contributed by atoms with Crippen molar-refractivity contribution < 1.29 is 4.74 Å². The molecule has 0 saturated carbocycles. The van der Waals surface area contributed by atoms with Gasteiger partial charge in [-0.05, 0) is 24.4 Å². The summed E-state index contributed by atoms with van der Waals surface area (Å²) in [5, 5.41) is 6.92. The van der Waals surface area contributed by atoms with Crippen LogP contribution in [-0.4, -0.2) is 54.4 Å². The van der Waals surface area contributed by atoms with Crippen LogP contribution in [0.2, 0.25) is 0 Å². The summed E-state index contributed by atoms with van der Waals surface area (Å²) in [6.45, 7) is 5.50. The topological polar surface area (TPSA) is 49.4 Å². The Morgan fingerprint density at radius 3 is 3.00 bits per heavy atom. The van der Waals surface area contributed by atoms with Gasteiger partial charge >= 0.3 is 0 Å². The Morgan fingerprint density at radius 1 is 1.44 bits per heavy atom. The second-order valence-electron chi connectivity index (χ2n) is 4.08. The van der Waals surface area contributed by atoms with Crippen LogP contribution < -0.4 is 10.6 Å². The number of hydrogen-bond donors (Lipinski definition) is 2. The number of nitrogens with one attached hydrogen (secondary N) is 2. The number of nitrogens with zero attached hydrogens (tertiary/aromatic N) is 2. The van der Waals surface area contributed by atoms with Gasteiger partial charge in [0.05, 0.1) is 25.1 Å². The summed E-state index contributed by atoms with van der Waals surface area (Å²) in [5.74, 6) is 0. The molecule has 2 N–H and O–H groups in total. The fourth-order valence-electron chi connectivity index (χ4n) is 1.76. The third-order valence-corrected chi connectivity index (χ3v) is 2.98. The van der Waals surface area contributed by atoms with Crippen molar-refractivity contribution in [3.05, 3.63) is 24.5 Å². The van der Waals surface area contributed by atoms with Crippen molar-refractivity contribution in [3.63, 3.8) is 0 Å². The molecule has 1 saturated heterocycles. The molecule has 0 unspecified atom stereocenters. The van der Waals surface area contributed by atoms with E-state index < -0.39 is 0 Å². The van der Waals surface area contributed by atoms with E-state index in [-0.39, 0.29) is 0 Å². The minimum Gasteiger partial charge on any atom is -0.379 e. The van der Waals surface area contributed by atoms with E-state index in [1.165, 1.54) is 0 Å². The molecule has 1 aliphatic heterocycles. The van der Waals surface area contributed by atoms with E-state index >= 15 is 0 Å². The van der Waals surface area contributed by atoms with Crippen molar-refractivity contribution in [2.24, 2.45) is 0 Å². The first-order valence-electron chi connectivity index (χ1n) is 6.09. The van der Waals surface area contributed by atoms with Crippen molar-refractivity contribution in [1.29, 1.82) is 0 Å². The van der Waals surface area contributed by atoms with Gasteiger partial charge in [-0.1, -0.05) is 0 Å². The van der Waals surface area contributed by atoms with Crippen LogP contribution >= 0.6 is 12.2 Å². The third-order valence-electron chi connectivity index (χ3n) is 2.74. The Morgan fingerprint density at radius 2 is 2.28 bits per heavy atom. The third kappa shape index (κ3) is 4.56. The molecule has 0 spiro atoms. The minimum absolute atomic E-state index is 0.635. The summed E-state index contributed by atoms with van der Waals surface area (Å²) < 4.78 is 5.30. The molecule has 0 atom stereocenters. The van der Waals surface area contributed by atoms with Crippen molar-refractivity contribution in [2.75, 3.05) is 44.7 Å². The Labute approximate surface area is 113 Å². The van der Waals surface area contributed by atoms with Gasteiger partial charge in [0.1, 0.15) is 0 Å². The Hall–Kier alpha value is -1.24. The summed E-state index contributed by atoms with van der Waals surface area (Å²) in [7, 11) is 0. The molecule has 18 heavy (non-hydrogen) atoms. The number of pyridine rings is 1. The van der Waals surface area contributed by atoms with Crippen molar-refractivity contribution >= 4 is 23.0 Å². The number of ether oxygens (including phenoxy) is 1. The van der Waals surface area contributed by atoms with E-state index in [0.29, 0.717) is 5.11 Å². The largest absolute Gasteiger partial charge is 0.379 e. The summed E-state index contributed by atoms with van der Waals surface area (Å²) in [4.78, 5) is 6.38. The predicted molar refractivity (Wildman–Crippen MR) is 75.7 cm³/mol. The van der Waals surface area contributed by atoms with Crippen molar-refractivity contribution in [3.8, 4) is 0 Å². The number of aromatic nitrogens is 1. The predicted octanol–water partition coefficient (Wildman–Crippen LogP) is 0.700. The molecule has 0 aromatic carbocycles. The molecule has 5 nitrogen and oxygen atoms in total. The highest BCUT2D eigenvalue weighted by Gasteiger charge is 2.09. The van der Waals surface area contributed by atoms with E-state index in [1.54, 1.807) is 12.4 Å². The van der Waals surface area contributed by atoms with Gasteiger partial charge in [-0.15, -0.1) is 0 Å². The molecule has 2 rings (SSSR count). The molecule has 6 heteroatoms. The number of rotatable bonds is 4. The lowest BCUT2D eigenvalue weighted by Gasteiger charge is -2.26. The number of thiocarbonyl (C=S) groups is 1. The molecule has 2 heterocycles. The second kappa shape index (κ2) is 7.25. The van der Waals surface area contributed by atoms with E-state index in [2.05, 4.69) is 20.5 Å².